The molecule has 0 amide bonds. The SMILES string of the molecule is Cc1cc(C)c(CC(CO)C(C)C)c(C)c1. The zero-order valence-electron chi connectivity index (χ0n) is 11.2. The maximum absolute atomic E-state index is 9.39. The smallest absolute Gasteiger partial charge is 0.0464 e. The van der Waals surface area contributed by atoms with Crippen LogP contribution in [0.15, 0.2) is 12.1 Å². The van der Waals surface area contributed by atoms with E-state index in [2.05, 4.69) is 46.8 Å². The van der Waals surface area contributed by atoms with Crippen LogP contribution in [0.2, 0.25) is 0 Å². The predicted molar refractivity (Wildman–Crippen MR) is 69.8 cm³/mol. The first-order valence-electron chi connectivity index (χ1n) is 6.13. The van der Waals surface area contributed by atoms with Gasteiger partial charge in [0.1, 0.15) is 0 Å². The molecule has 0 aliphatic heterocycles. The van der Waals surface area contributed by atoms with E-state index in [1.807, 2.05) is 0 Å². The molecule has 16 heavy (non-hydrogen) atoms. The van der Waals surface area contributed by atoms with E-state index in [4.69, 9.17) is 0 Å². The highest BCUT2D eigenvalue weighted by Crippen LogP contribution is 2.23. The van der Waals surface area contributed by atoms with Crippen molar-refractivity contribution in [3.63, 3.8) is 0 Å². The molecule has 0 saturated heterocycles. The summed E-state index contributed by atoms with van der Waals surface area (Å²) in [5, 5.41) is 9.39. The minimum atomic E-state index is 0.282. The fraction of sp³-hybridized carbons (Fsp3) is 0.600. The topological polar surface area (TPSA) is 20.2 Å². The van der Waals surface area contributed by atoms with Gasteiger partial charge in [-0.05, 0) is 55.7 Å². The van der Waals surface area contributed by atoms with E-state index >= 15 is 0 Å². The van der Waals surface area contributed by atoms with Gasteiger partial charge < -0.3 is 5.11 Å². The van der Waals surface area contributed by atoms with Gasteiger partial charge >= 0.3 is 0 Å². The molecular formula is C15H24O. The molecule has 0 saturated carbocycles. The molecule has 1 N–H and O–H groups in total. The molecule has 1 heteroatoms. The van der Waals surface area contributed by atoms with E-state index in [0.717, 1.165) is 6.42 Å². The number of aliphatic hydroxyl groups is 1. The third-order valence-corrected chi connectivity index (χ3v) is 3.48. The number of hydrogen-bond acceptors (Lipinski definition) is 1. The number of benzene rings is 1. The Morgan fingerprint density at radius 2 is 1.56 bits per heavy atom. The van der Waals surface area contributed by atoms with Crippen LogP contribution in [-0.2, 0) is 6.42 Å². The van der Waals surface area contributed by atoms with Gasteiger partial charge in [0.2, 0.25) is 0 Å². The van der Waals surface area contributed by atoms with E-state index in [0.29, 0.717) is 11.8 Å². The molecule has 0 aromatic heterocycles. The molecule has 0 bridgehead atoms. The lowest BCUT2D eigenvalue weighted by Crippen LogP contribution is -2.17. The van der Waals surface area contributed by atoms with Crippen LogP contribution in [0.1, 0.15) is 36.1 Å². The van der Waals surface area contributed by atoms with Crippen molar-refractivity contribution in [1.29, 1.82) is 0 Å². The van der Waals surface area contributed by atoms with Crippen LogP contribution < -0.4 is 0 Å². The minimum absolute atomic E-state index is 0.282. The Kier molecular flexibility index (Phi) is 4.55. The van der Waals surface area contributed by atoms with E-state index in [1.165, 1.54) is 22.3 Å². The van der Waals surface area contributed by atoms with Crippen molar-refractivity contribution < 1.29 is 5.11 Å². The molecule has 1 aromatic carbocycles. The lowest BCUT2D eigenvalue weighted by Gasteiger charge is -2.21. The van der Waals surface area contributed by atoms with Crippen molar-refractivity contribution in [3.05, 3.63) is 34.4 Å². The second-order valence-electron chi connectivity index (χ2n) is 5.27. The first-order valence-corrected chi connectivity index (χ1v) is 6.13. The molecule has 0 spiro atoms. The summed E-state index contributed by atoms with van der Waals surface area (Å²) in [6.45, 7) is 11.1. The van der Waals surface area contributed by atoms with Gasteiger partial charge in [0.25, 0.3) is 0 Å². The van der Waals surface area contributed by atoms with Crippen LogP contribution >= 0.6 is 0 Å². The van der Waals surface area contributed by atoms with Gasteiger partial charge in [-0.15, -0.1) is 0 Å². The maximum atomic E-state index is 9.39. The van der Waals surface area contributed by atoms with Crippen molar-refractivity contribution in [3.8, 4) is 0 Å². The third-order valence-electron chi connectivity index (χ3n) is 3.48. The number of rotatable bonds is 4. The molecule has 0 fully saturated rings. The molecule has 0 aliphatic carbocycles. The number of hydrogen-bond donors (Lipinski definition) is 1. The highest BCUT2D eigenvalue weighted by atomic mass is 16.3. The van der Waals surface area contributed by atoms with Crippen LogP contribution in [0, 0.1) is 32.6 Å². The molecule has 0 radical (unpaired) electrons. The summed E-state index contributed by atoms with van der Waals surface area (Å²) in [7, 11) is 0. The summed E-state index contributed by atoms with van der Waals surface area (Å²) >= 11 is 0. The van der Waals surface area contributed by atoms with E-state index in [9.17, 15) is 5.11 Å². The Labute approximate surface area is 99.5 Å². The first kappa shape index (κ1) is 13.2. The van der Waals surface area contributed by atoms with Crippen molar-refractivity contribution >= 4 is 0 Å². The summed E-state index contributed by atoms with van der Waals surface area (Å²) in [4.78, 5) is 0. The summed E-state index contributed by atoms with van der Waals surface area (Å²) in [6.07, 6.45) is 0.992. The molecule has 0 heterocycles. The lowest BCUT2D eigenvalue weighted by atomic mass is 9.86. The Hall–Kier alpha value is -0.820. The monoisotopic (exact) mass is 220 g/mol. The van der Waals surface area contributed by atoms with Crippen molar-refractivity contribution in [2.45, 2.75) is 41.0 Å². The second kappa shape index (κ2) is 5.49. The van der Waals surface area contributed by atoms with Crippen molar-refractivity contribution in [2.24, 2.45) is 11.8 Å². The third kappa shape index (κ3) is 3.08. The second-order valence-corrected chi connectivity index (χ2v) is 5.27. The van der Waals surface area contributed by atoms with Gasteiger partial charge in [-0.1, -0.05) is 31.5 Å². The summed E-state index contributed by atoms with van der Waals surface area (Å²) in [5.41, 5.74) is 5.45. The summed E-state index contributed by atoms with van der Waals surface area (Å²) < 4.78 is 0. The molecule has 1 nitrogen and oxygen atoms in total. The van der Waals surface area contributed by atoms with Crippen LogP contribution in [0.25, 0.3) is 0 Å². The molecule has 0 aliphatic rings. The zero-order chi connectivity index (χ0) is 12.3. The largest absolute Gasteiger partial charge is 0.396 e. The molecule has 1 unspecified atom stereocenters. The normalized spacial score (nSPS) is 13.2. The Bertz CT molecular complexity index is 329. The zero-order valence-corrected chi connectivity index (χ0v) is 11.2. The minimum Gasteiger partial charge on any atom is -0.396 e. The van der Waals surface area contributed by atoms with Crippen molar-refractivity contribution in [2.75, 3.05) is 6.61 Å². The average Bonchev–Trinajstić information content (AvgIpc) is 2.15. The van der Waals surface area contributed by atoms with E-state index < -0.39 is 0 Å². The molecule has 90 valence electrons. The standard InChI is InChI=1S/C15H24O/c1-10(2)14(9-16)8-15-12(4)6-11(3)7-13(15)5/h6-7,10,14,16H,8-9H2,1-5H3. The molecular weight excluding hydrogens is 196 g/mol. The fourth-order valence-electron chi connectivity index (χ4n) is 2.31. The van der Waals surface area contributed by atoms with Gasteiger partial charge in [-0.2, -0.15) is 0 Å². The number of aryl methyl sites for hydroxylation is 3. The predicted octanol–water partition coefficient (Wildman–Crippen LogP) is 3.42. The Morgan fingerprint density at radius 3 is 1.94 bits per heavy atom. The highest BCUT2D eigenvalue weighted by Gasteiger charge is 2.15. The first-order chi connectivity index (χ1) is 7.45. The average molecular weight is 220 g/mol. The van der Waals surface area contributed by atoms with Crippen LogP contribution in [-0.4, -0.2) is 11.7 Å². The summed E-state index contributed by atoms with van der Waals surface area (Å²) in [6, 6.07) is 4.47. The van der Waals surface area contributed by atoms with E-state index in [1.54, 1.807) is 0 Å². The fourth-order valence-corrected chi connectivity index (χ4v) is 2.31. The quantitative estimate of drug-likeness (QED) is 0.824. The maximum Gasteiger partial charge on any atom is 0.0464 e. The highest BCUT2D eigenvalue weighted by molar-refractivity contribution is 5.37. The Morgan fingerprint density at radius 1 is 1.06 bits per heavy atom. The molecule has 1 atom stereocenters. The molecule has 1 aromatic rings. The number of aliphatic hydroxyl groups excluding tert-OH is 1. The summed E-state index contributed by atoms with van der Waals surface area (Å²) in [5.74, 6) is 0.908. The van der Waals surface area contributed by atoms with Crippen LogP contribution in [0.3, 0.4) is 0 Å². The molecule has 1 rings (SSSR count). The van der Waals surface area contributed by atoms with Crippen LogP contribution in [0.4, 0.5) is 0 Å². The van der Waals surface area contributed by atoms with Gasteiger partial charge in [0.05, 0.1) is 0 Å². The lowest BCUT2D eigenvalue weighted by molar-refractivity contribution is 0.189. The van der Waals surface area contributed by atoms with Gasteiger partial charge in [0.15, 0.2) is 0 Å². The Balaban J connectivity index is 2.96. The van der Waals surface area contributed by atoms with Crippen molar-refractivity contribution in [1.82, 2.24) is 0 Å². The van der Waals surface area contributed by atoms with Gasteiger partial charge in [-0.25, -0.2) is 0 Å². The van der Waals surface area contributed by atoms with E-state index in [-0.39, 0.29) is 6.61 Å². The van der Waals surface area contributed by atoms with Gasteiger partial charge in [0, 0.05) is 6.61 Å². The van der Waals surface area contributed by atoms with Gasteiger partial charge in [-0.3, -0.25) is 0 Å². The van der Waals surface area contributed by atoms with Crippen LogP contribution in [0.5, 0.6) is 0 Å².